The van der Waals surface area contributed by atoms with E-state index in [2.05, 4.69) is 16.0 Å². The Morgan fingerprint density at radius 2 is 2.04 bits per heavy atom. The molecule has 1 atom stereocenters. The van der Waals surface area contributed by atoms with Gasteiger partial charge >= 0.3 is 0 Å². The van der Waals surface area contributed by atoms with Gasteiger partial charge in [-0.15, -0.1) is 12.4 Å². The molecule has 26 heavy (non-hydrogen) atoms. The van der Waals surface area contributed by atoms with Crippen LogP contribution >= 0.6 is 12.4 Å². The highest BCUT2D eigenvalue weighted by atomic mass is 35.5. The van der Waals surface area contributed by atoms with Gasteiger partial charge in [0.15, 0.2) is 18.1 Å². The number of rotatable bonds is 7. The zero-order valence-corrected chi connectivity index (χ0v) is 15.7. The first kappa shape index (κ1) is 20.3. The van der Waals surface area contributed by atoms with Crippen LogP contribution in [0.3, 0.4) is 0 Å². The Balaban J connectivity index is 0.00000243. The van der Waals surface area contributed by atoms with Gasteiger partial charge in [-0.3, -0.25) is 9.59 Å². The maximum atomic E-state index is 12.3. The van der Waals surface area contributed by atoms with Crippen LogP contribution in [0.15, 0.2) is 18.2 Å². The topological polar surface area (TPSA) is 88.7 Å². The molecule has 0 spiro atoms. The maximum absolute atomic E-state index is 12.3. The van der Waals surface area contributed by atoms with Gasteiger partial charge in [0, 0.05) is 24.3 Å². The monoisotopic (exact) mass is 383 g/mol. The second kappa shape index (κ2) is 9.64. The van der Waals surface area contributed by atoms with Crippen LogP contribution in [0, 0.1) is 5.92 Å². The molecule has 7 nitrogen and oxygen atoms in total. The number of nitrogens with one attached hydrogen (secondary N) is 3. The third-order valence-corrected chi connectivity index (χ3v) is 4.40. The van der Waals surface area contributed by atoms with E-state index in [1.54, 1.807) is 25.3 Å². The van der Waals surface area contributed by atoms with Crippen LogP contribution in [-0.4, -0.2) is 44.7 Å². The lowest BCUT2D eigenvalue weighted by molar-refractivity contribution is -0.123. The molecule has 144 valence electrons. The van der Waals surface area contributed by atoms with Crippen molar-refractivity contribution >= 4 is 29.9 Å². The quantitative estimate of drug-likeness (QED) is 0.667. The van der Waals surface area contributed by atoms with E-state index >= 15 is 0 Å². The summed E-state index contributed by atoms with van der Waals surface area (Å²) in [5, 5.41) is 9.02. The minimum absolute atomic E-state index is 0. The van der Waals surface area contributed by atoms with Crippen LogP contribution in [0.4, 0.5) is 5.69 Å². The number of hydrogen-bond acceptors (Lipinski definition) is 5. The predicted molar refractivity (Wildman–Crippen MR) is 101 cm³/mol. The summed E-state index contributed by atoms with van der Waals surface area (Å²) < 4.78 is 10.9. The lowest BCUT2D eigenvalue weighted by atomic mass is 9.99. The Hall–Kier alpha value is -1.99. The number of benzene rings is 1. The second-order valence-electron chi connectivity index (χ2n) is 6.53. The van der Waals surface area contributed by atoms with Gasteiger partial charge in [-0.05, 0) is 44.4 Å². The predicted octanol–water partition coefficient (Wildman–Crippen LogP) is 1.71. The molecule has 1 saturated carbocycles. The lowest BCUT2D eigenvalue weighted by Gasteiger charge is -2.22. The molecule has 3 rings (SSSR count). The number of methoxy groups -OCH3 is 1. The summed E-state index contributed by atoms with van der Waals surface area (Å²) in [6.45, 7) is 1.59. The Bertz CT molecular complexity index is 631. The zero-order valence-electron chi connectivity index (χ0n) is 14.9. The number of hydrogen-bond donors (Lipinski definition) is 3. The minimum atomic E-state index is -0.146. The van der Waals surface area contributed by atoms with E-state index < -0.39 is 0 Å². The molecule has 1 aromatic rings. The first-order chi connectivity index (χ1) is 12.2. The molecule has 1 unspecified atom stereocenters. The molecular formula is C18H26ClN3O4. The van der Waals surface area contributed by atoms with Gasteiger partial charge in [-0.1, -0.05) is 0 Å². The molecular weight excluding hydrogens is 358 g/mol. The van der Waals surface area contributed by atoms with E-state index in [1.165, 1.54) is 0 Å². The Labute approximate surface area is 159 Å². The Morgan fingerprint density at radius 3 is 2.69 bits per heavy atom. The molecule has 0 radical (unpaired) electrons. The van der Waals surface area contributed by atoms with E-state index in [9.17, 15) is 9.59 Å². The van der Waals surface area contributed by atoms with Gasteiger partial charge in [-0.25, -0.2) is 0 Å². The fraction of sp³-hybridized carbons (Fsp3) is 0.556. The van der Waals surface area contributed by atoms with Crippen molar-refractivity contribution in [2.75, 3.05) is 32.1 Å². The lowest BCUT2D eigenvalue weighted by Crippen LogP contribution is -2.37. The van der Waals surface area contributed by atoms with Gasteiger partial charge in [0.2, 0.25) is 5.91 Å². The summed E-state index contributed by atoms with van der Waals surface area (Å²) in [6.07, 6.45) is 3.96. The van der Waals surface area contributed by atoms with E-state index in [4.69, 9.17) is 9.47 Å². The highest BCUT2D eigenvalue weighted by Gasteiger charge is 2.24. The molecule has 0 bridgehead atoms. The van der Waals surface area contributed by atoms with Gasteiger partial charge in [0.25, 0.3) is 5.91 Å². The summed E-state index contributed by atoms with van der Waals surface area (Å²) in [7, 11) is 1.54. The summed E-state index contributed by atoms with van der Waals surface area (Å²) in [4.78, 5) is 24.1. The molecule has 3 N–H and O–H groups in total. The summed E-state index contributed by atoms with van der Waals surface area (Å²) >= 11 is 0. The molecule has 1 aliphatic heterocycles. The van der Waals surface area contributed by atoms with Gasteiger partial charge in [0.1, 0.15) is 0 Å². The standard InChI is InChI=1S/C18H25N3O4.ClH/c1-24-15-7-6-14(21-18(23)12-3-2-8-19-10-12)9-16(15)25-11-17(22)20-13-4-5-13;/h6-7,9,12-13,19H,2-5,8,10-11H2,1H3,(H,20,22)(H,21,23);1H. The van der Waals surface area contributed by atoms with E-state index in [0.717, 1.165) is 32.2 Å². The second-order valence-corrected chi connectivity index (χ2v) is 6.53. The Morgan fingerprint density at radius 1 is 1.23 bits per heavy atom. The van der Waals surface area contributed by atoms with Gasteiger partial charge < -0.3 is 25.4 Å². The minimum Gasteiger partial charge on any atom is -0.493 e. The molecule has 1 heterocycles. The highest BCUT2D eigenvalue weighted by molar-refractivity contribution is 5.93. The van der Waals surface area contributed by atoms with Crippen LogP contribution in [0.1, 0.15) is 25.7 Å². The van der Waals surface area contributed by atoms with Crippen LogP contribution in [0.5, 0.6) is 11.5 Å². The van der Waals surface area contributed by atoms with E-state index in [1.807, 2.05) is 0 Å². The number of ether oxygens (including phenoxy) is 2. The first-order valence-corrected chi connectivity index (χ1v) is 8.77. The van der Waals surface area contributed by atoms with Crippen molar-refractivity contribution in [2.24, 2.45) is 5.92 Å². The van der Waals surface area contributed by atoms with Crippen molar-refractivity contribution in [3.05, 3.63) is 18.2 Å². The average molecular weight is 384 g/mol. The molecule has 0 aromatic heterocycles. The Kier molecular flexibility index (Phi) is 7.53. The summed E-state index contributed by atoms with van der Waals surface area (Å²) in [5.41, 5.74) is 0.633. The average Bonchev–Trinajstić information content (AvgIpc) is 3.45. The van der Waals surface area contributed by atoms with Crippen LogP contribution in [0.2, 0.25) is 0 Å². The third kappa shape index (κ3) is 5.78. The summed E-state index contributed by atoms with van der Waals surface area (Å²) in [6, 6.07) is 5.48. The van der Waals surface area contributed by atoms with Crippen molar-refractivity contribution in [3.63, 3.8) is 0 Å². The van der Waals surface area contributed by atoms with Crippen LogP contribution < -0.4 is 25.4 Å². The molecule has 2 amide bonds. The SMILES string of the molecule is COc1ccc(NC(=O)C2CCCNC2)cc1OCC(=O)NC1CC1.Cl. The van der Waals surface area contributed by atoms with Crippen LogP contribution in [-0.2, 0) is 9.59 Å². The number of carbonyl (C=O) groups excluding carboxylic acids is 2. The zero-order chi connectivity index (χ0) is 17.6. The molecule has 1 aliphatic carbocycles. The van der Waals surface area contributed by atoms with Crippen molar-refractivity contribution in [2.45, 2.75) is 31.7 Å². The van der Waals surface area contributed by atoms with E-state index in [-0.39, 0.29) is 36.7 Å². The molecule has 2 fully saturated rings. The fourth-order valence-corrected chi connectivity index (χ4v) is 2.83. The van der Waals surface area contributed by atoms with Crippen molar-refractivity contribution < 1.29 is 19.1 Å². The summed E-state index contributed by atoms with van der Waals surface area (Å²) in [5.74, 6) is 0.788. The molecule has 1 saturated heterocycles. The fourth-order valence-electron chi connectivity index (χ4n) is 2.83. The largest absolute Gasteiger partial charge is 0.493 e. The number of anilines is 1. The highest BCUT2D eigenvalue weighted by Crippen LogP contribution is 2.30. The van der Waals surface area contributed by atoms with Crippen LogP contribution in [0.25, 0.3) is 0 Å². The normalized spacial score (nSPS) is 19.0. The van der Waals surface area contributed by atoms with Crippen molar-refractivity contribution in [3.8, 4) is 11.5 Å². The van der Waals surface area contributed by atoms with Gasteiger partial charge in [0.05, 0.1) is 13.0 Å². The van der Waals surface area contributed by atoms with Crippen molar-refractivity contribution in [1.82, 2.24) is 10.6 Å². The number of halogens is 1. The van der Waals surface area contributed by atoms with Gasteiger partial charge in [-0.2, -0.15) is 0 Å². The number of amides is 2. The van der Waals surface area contributed by atoms with Crippen molar-refractivity contribution in [1.29, 1.82) is 0 Å². The molecule has 2 aliphatic rings. The number of carbonyl (C=O) groups is 2. The molecule has 8 heteroatoms. The maximum Gasteiger partial charge on any atom is 0.258 e. The number of piperidine rings is 1. The molecule has 1 aromatic carbocycles. The third-order valence-electron chi connectivity index (χ3n) is 4.40. The van der Waals surface area contributed by atoms with E-state index in [0.29, 0.717) is 29.8 Å². The smallest absolute Gasteiger partial charge is 0.258 e. The first-order valence-electron chi connectivity index (χ1n) is 8.77.